The fourth-order valence-electron chi connectivity index (χ4n) is 3.14. The second kappa shape index (κ2) is 6.04. The van der Waals surface area contributed by atoms with Crippen molar-refractivity contribution >= 4 is 11.8 Å². The highest BCUT2D eigenvalue weighted by Crippen LogP contribution is 2.41. The largest absolute Gasteiger partial charge is 0.444 e. The van der Waals surface area contributed by atoms with E-state index in [-0.39, 0.29) is 6.10 Å². The van der Waals surface area contributed by atoms with Gasteiger partial charge in [-0.25, -0.2) is 4.79 Å². The van der Waals surface area contributed by atoms with Crippen LogP contribution in [0.25, 0.3) is 0 Å². The summed E-state index contributed by atoms with van der Waals surface area (Å²) in [5.74, 6) is 0.535. The summed E-state index contributed by atoms with van der Waals surface area (Å²) < 4.78 is 11.2. The number of hydrogen-bond acceptors (Lipinski definition) is 4. The molecule has 5 heteroatoms. The highest BCUT2D eigenvalue weighted by Gasteiger charge is 2.34. The molecule has 0 unspecified atom stereocenters. The normalized spacial score (nSPS) is 26.0. The molecule has 3 atom stereocenters. The molecule has 5 nitrogen and oxygen atoms in total. The summed E-state index contributed by atoms with van der Waals surface area (Å²) in [7, 11) is 0. The van der Waals surface area contributed by atoms with Gasteiger partial charge in [0.25, 0.3) is 0 Å². The maximum Gasteiger partial charge on any atom is 0.407 e. The molecule has 2 aliphatic rings. The van der Waals surface area contributed by atoms with Crippen molar-refractivity contribution in [3.8, 4) is 0 Å². The van der Waals surface area contributed by atoms with E-state index in [0.717, 1.165) is 24.3 Å². The summed E-state index contributed by atoms with van der Waals surface area (Å²) in [5, 5.41) is 6.41. The van der Waals surface area contributed by atoms with E-state index >= 15 is 0 Å². The van der Waals surface area contributed by atoms with Crippen molar-refractivity contribution in [3.63, 3.8) is 0 Å². The van der Waals surface area contributed by atoms with Crippen LogP contribution in [-0.4, -0.2) is 24.3 Å². The zero-order valence-electron chi connectivity index (χ0n) is 14.3. The maximum absolute atomic E-state index is 11.8. The number of anilines is 1. The van der Waals surface area contributed by atoms with E-state index in [9.17, 15) is 4.79 Å². The molecule has 0 saturated carbocycles. The van der Waals surface area contributed by atoms with Crippen molar-refractivity contribution in [2.24, 2.45) is 5.92 Å². The summed E-state index contributed by atoms with van der Waals surface area (Å²) in [6.45, 7) is 9.04. The Morgan fingerprint density at radius 1 is 1.43 bits per heavy atom. The molecule has 2 N–H and O–H groups in total. The molecule has 1 fully saturated rings. The third-order valence-electron chi connectivity index (χ3n) is 4.35. The number of hydrogen-bond donors (Lipinski definition) is 2. The smallest absolute Gasteiger partial charge is 0.407 e. The lowest BCUT2D eigenvalue weighted by atomic mass is 9.85. The van der Waals surface area contributed by atoms with Crippen LogP contribution in [0.5, 0.6) is 0 Å². The van der Waals surface area contributed by atoms with Crippen LogP contribution in [0.2, 0.25) is 0 Å². The van der Waals surface area contributed by atoms with Gasteiger partial charge in [-0.05, 0) is 50.8 Å². The minimum absolute atomic E-state index is 0.161. The average Bonchev–Trinajstić information content (AvgIpc) is 2.47. The van der Waals surface area contributed by atoms with E-state index in [1.165, 1.54) is 5.56 Å². The van der Waals surface area contributed by atoms with Crippen LogP contribution in [0.15, 0.2) is 18.2 Å². The topological polar surface area (TPSA) is 59.6 Å². The Morgan fingerprint density at radius 2 is 2.22 bits per heavy atom. The molecule has 1 saturated heterocycles. The molecular formula is C18H26N2O3. The Hall–Kier alpha value is -1.75. The number of fused-ring (bicyclic) bond motifs is 4. The van der Waals surface area contributed by atoms with Gasteiger partial charge in [-0.2, -0.15) is 0 Å². The molecule has 126 valence electrons. The Labute approximate surface area is 137 Å². The van der Waals surface area contributed by atoms with E-state index in [2.05, 4.69) is 29.7 Å². The summed E-state index contributed by atoms with van der Waals surface area (Å²) in [5.41, 5.74) is 2.92. The van der Waals surface area contributed by atoms with Crippen LogP contribution in [0, 0.1) is 5.92 Å². The molecule has 0 aliphatic carbocycles. The first-order valence-corrected chi connectivity index (χ1v) is 8.29. The predicted octanol–water partition coefficient (Wildman–Crippen LogP) is 3.60. The summed E-state index contributed by atoms with van der Waals surface area (Å²) in [4.78, 5) is 11.8. The van der Waals surface area contributed by atoms with Gasteiger partial charge in [-0.1, -0.05) is 13.0 Å². The third kappa shape index (κ3) is 3.78. The first kappa shape index (κ1) is 16.1. The number of amides is 1. The van der Waals surface area contributed by atoms with Gasteiger partial charge in [0.05, 0.1) is 12.7 Å². The molecular weight excluding hydrogens is 292 g/mol. The molecule has 3 rings (SSSR count). The lowest BCUT2D eigenvalue weighted by molar-refractivity contribution is -0.0227. The Balaban J connectivity index is 1.66. The second-order valence-electron chi connectivity index (χ2n) is 7.56. The minimum atomic E-state index is -0.481. The van der Waals surface area contributed by atoms with Crippen molar-refractivity contribution in [3.05, 3.63) is 29.3 Å². The Morgan fingerprint density at radius 3 is 2.96 bits per heavy atom. The van der Waals surface area contributed by atoms with E-state index < -0.39 is 11.7 Å². The predicted molar refractivity (Wildman–Crippen MR) is 89.4 cm³/mol. The van der Waals surface area contributed by atoms with Crippen molar-refractivity contribution in [2.75, 3.05) is 11.9 Å². The van der Waals surface area contributed by atoms with Gasteiger partial charge >= 0.3 is 6.09 Å². The van der Waals surface area contributed by atoms with Gasteiger partial charge in [0, 0.05) is 23.8 Å². The summed E-state index contributed by atoms with van der Waals surface area (Å²) in [6, 6.07) is 6.74. The SMILES string of the molecule is C[C@@H]1CO[C@@H]2C[C@@H]1Nc1ccc(CNC(=O)OC(C)(C)C)cc12. The lowest BCUT2D eigenvalue weighted by Gasteiger charge is -2.41. The van der Waals surface area contributed by atoms with Crippen LogP contribution in [0.3, 0.4) is 0 Å². The molecule has 0 radical (unpaired) electrons. The van der Waals surface area contributed by atoms with Gasteiger partial charge in [0.1, 0.15) is 5.60 Å². The average molecular weight is 318 g/mol. The first-order chi connectivity index (χ1) is 10.8. The minimum Gasteiger partial charge on any atom is -0.444 e. The second-order valence-corrected chi connectivity index (χ2v) is 7.56. The highest BCUT2D eigenvalue weighted by atomic mass is 16.6. The standard InChI is InChI=1S/C18H26N2O3/c1-11-10-22-16-8-15(11)20-14-6-5-12(7-13(14)16)9-19-17(21)23-18(2,3)4/h5-7,11,15-16,20H,8-10H2,1-4H3,(H,19,21)/t11-,15+,16-/m1/s1. The molecule has 1 amide bonds. The van der Waals surface area contributed by atoms with Crippen LogP contribution in [-0.2, 0) is 16.0 Å². The molecule has 2 bridgehead atoms. The number of carbonyl (C=O) groups excluding carboxylic acids is 1. The van der Waals surface area contributed by atoms with Crippen molar-refractivity contribution in [1.82, 2.24) is 5.32 Å². The van der Waals surface area contributed by atoms with Crippen molar-refractivity contribution in [1.29, 1.82) is 0 Å². The number of rotatable bonds is 2. The van der Waals surface area contributed by atoms with Crippen molar-refractivity contribution < 1.29 is 14.3 Å². The van der Waals surface area contributed by atoms with Gasteiger partial charge in [-0.3, -0.25) is 0 Å². The van der Waals surface area contributed by atoms with Gasteiger partial charge in [0.2, 0.25) is 0 Å². The first-order valence-electron chi connectivity index (χ1n) is 8.29. The fraction of sp³-hybridized carbons (Fsp3) is 0.611. The summed E-state index contributed by atoms with van der Waals surface area (Å²) >= 11 is 0. The molecule has 23 heavy (non-hydrogen) atoms. The number of nitrogens with one attached hydrogen (secondary N) is 2. The van der Waals surface area contributed by atoms with Crippen LogP contribution >= 0.6 is 0 Å². The quantitative estimate of drug-likeness (QED) is 0.874. The number of carbonyl (C=O) groups is 1. The zero-order chi connectivity index (χ0) is 16.6. The van der Waals surface area contributed by atoms with Gasteiger partial charge < -0.3 is 20.1 Å². The molecule has 2 aliphatic heterocycles. The summed E-state index contributed by atoms with van der Waals surface area (Å²) in [6.07, 6.45) is 0.780. The number of benzene rings is 1. The molecule has 1 aromatic carbocycles. The van der Waals surface area contributed by atoms with Gasteiger partial charge in [-0.15, -0.1) is 0 Å². The molecule has 0 spiro atoms. The molecule has 0 aromatic heterocycles. The van der Waals surface area contributed by atoms with E-state index in [0.29, 0.717) is 18.5 Å². The van der Waals surface area contributed by atoms with E-state index in [1.54, 1.807) is 0 Å². The zero-order valence-corrected chi connectivity index (χ0v) is 14.3. The van der Waals surface area contributed by atoms with Crippen LogP contribution in [0.4, 0.5) is 10.5 Å². The van der Waals surface area contributed by atoms with Crippen LogP contribution < -0.4 is 10.6 Å². The molecule has 1 aromatic rings. The third-order valence-corrected chi connectivity index (χ3v) is 4.35. The van der Waals surface area contributed by atoms with E-state index in [4.69, 9.17) is 9.47 Å². The highest BCUT2D eigenvalue weighted by molar-refractivity contribution is 5.67. The monoisotopic (exact) mass is 318 g/mol. The van der Waals surface area contributed by atoms with Crippen molar-refractivity contribution in [2.45, 2.75) is 58.4 Å². The molecule has 2 heterocycles. The number of ether oxygens (including phenoxy) is 2. The fourth-order valence-corrected chi connectivity index (χ4v) is 3.14. The number of alkyl carbamates (subject to hydrolysis) is 1. The Bertz CT molecular complexity index is 594. The Kier molecular flexibility index (Phi) is 4.23. The lowest BCUT2D eigenvalue weighted by Crippen LogP contribution is -2.41. The van der Waals surface area contributed by atoms with Crippen LogP contribution in [0.1, 0.15) is 51.3 Å². The van der Waals surface area contributed by atoms with Gasteiger partial charge in [0.15, 0.2) is 0 Å². The maximum atomic E-state index is 11.8. The van der Waals surface area contributed by atoms with E-state index in [1.807, 2.05) is 26.8 Å².